The fourth-order valence-electron chi connectivity index (χ4n) is 4.95. The summed E-state index contributed by atoms with van der Waals surface area (Å²) in [5.74, 6) is -0.443. The van der Waals surface area contributed by atoms with E-state index in [0.29, 0.717) is 23.7 Å². The average Bonchev–Trinajstić information content (AvgIpc) is 2.73. The van der Waals surface area contributed by atoms with E-state index in [9.17, 15) is 13.2 Å². The molecule has 1 saturated carbocycles. The molecule has 0 aromatic carbocycles. The van der Waals surface area contributed by atoms with Gasteiger partial charge in [0.15, 0.2) is 0 Å². The van der Waals surface area contributed by atoms with Crippen LogP contribution >= 0.6 is 11.8 Å². The van der Waals surface area contributed by atoms with Crippen LogP contribution in [-0.4, -0.2) is 36.9 Å². The largest absolute Gasteiger partial charge is 0.459 e. The fraction of sp³-hybridized carbons (Fsp3) is 0.895. The summed E-state index contributed by atoms with van der Waals surface area (Å²) in [5.41, 5.74) is 0.410. The fourth-order valence-corrected chi connectivity index (χ4v) is 5.72. The van der Waals surface area contributed by atoms with Crippen LogP contribution < -0.4 is 0 Å². The van der Waals surface area contributed by atoms with E-state index in [1.54, 1.807) is 6.92 Å². The number of halogens is 3. The summed E-state index contributed by atoms with van der Waals surface area (Å²) in [7, 11) is 1.38. The van der Waals surface area contributed by atoms with Crippen LogP contribution in [0.3, 0.4) is 0 Å². The van der Waals surface area contributed by atoms with Gasteiger partial charge in [-0.3, -0.25) is 0 Å². The first-order valence-electron chi connectivity index (χ1n) is 9.64. The quantitative estimate of drug-likeness (QED) is 0.454. The Morgan fingerprint density at radius 1 is 1.26 bits per heavy atom. The smallest absolute Gasteiger partial charge is 0.449 e. The van der Waals surface area contributed by atoms with Crippen molar-refractivity contribution in [3.05, 3.63) is 11.3 Å². The van der Waals surface area contributed by atoms with Gasteiger partial charge in [-0.15, -0.1) is 0 Å². The molecule has 2 aliphatic heterocycles. The van der Waals surface area contributed by atoms with Crippen molar-refractivity contribution in [1.82, 2.24) is 0 Å². The molecule has 2 heterocycles. The number of ether oxygens (including phenoxy) is 2. The second-order valence-corrected chi connectivity index (χ2v) is 9.19. The molecule has 1 aliphatic carbocycles. The number of hydrogen-bond donors (Lipinski definition) is 0. The third-order valence-corrected chi connectivity index (χ3v) is 7.11. The molecule has 3 aliphatic rings. The van der Waals surface area contributed by atoms with E-state index in [2.05, 4.69) is 6.92 Å². The molecule has 0 aromatic rings. The van der Waals surface area contributed by atoms with Crippen molar-refractivity contribution < 1.29 is 32.4 Å². The zero-order valence-electron chi connectivity index (χ0n) is 16.3. The van der Waals surface area contributed by atoms with Gasteiger partial charge in [0.25, 0.3) is 0 Å². The van der Waals surface area contributed by atoms with Crippen LogP contribution in [-0.2, 0) is 19.2 Å². The molecule has 0 spiro atoms. The number of alkyl halides is 3. The Labute approximate surface area is 163 Å². The molecular weight excluding hydrogens is 381 g/mol. The minimum absolute atomic E-state index is 0.0883. The monoisotopic (exact) mass is 410 g/mol. The topological polar surface area (TPSA) is 36.9 Å². The van der Waals surface area contributed by atoms with Crippen molar-refractivity contribution >= 4 is 11.8 Å². The van der Waals surface area contributed by atoms with Gasteiger partial charge in [-0.05, 0) is 55.3 Å². The van der Waals surface area contributed by atoms with Gasteiger partial charge in [-0.2, -0.15) is 24.9 Å². The zero-order chi connectivity index (χ0) is 19.8. The number of rotatable bonds is 5. The predicted octanol–water partition coefficient (Wildman–Crippen LogP) is 5.30. The molecule has 8 heteroatoms. The van der Waals surface area contributed by atoms with Gasteiger partial charge in [0.05, 0.1) is 7.11 Å². The van der Waals surface area contributed by atoms with Crippen LogP contribution in [0.25, 0.3) is 0 Å². The molecule has 2 fully saturated rings. The highest BCUT2D eigenvalue weighted by Crippen LogP contribution is 2.55. The van der Waals surface area contributed by atoms with Gasteiger partial charge in [0.2, 0.25) is 17.8 Å². The molecule has 156 valence electrons. The van der Waals surface area contributed by atoms with Crippen LogP contribution in [0.15, 0.2) is 11.3 Å². The Kier molecular flexibility index (Phi) is 6.40. The van der Waals surface area contributed by atoms with Gasteiger partial charge in [-0.25, -0.2) is 9.78 Å². The first-order valence-corrected chi connectivity index (χ1v) is 10.8. The minimum Gasteiger partial charge on any atom is -0.459 e. The maximum Gasteiger partial charge on any atom is 0.449 e. The van der Waals surface area contributed by atoms with Gasteiger partial charge in [0.1, 0.15) is 0 Å². The zero-order valence-corrected chi connectivity index (χ0v) is 17.1. The summed E-state index contributed by atoms with van der Waals surface area (Å²) in [5, 5.41) is 0. The summed E-state index contributed by atoms with van der Waals surface area (Å²) < 4.78 is 53.0. The van der Waals surface area contributed by atoms with Gasteiger partial charge in [-0.1, -0.05) is 13.8 Å². The predicted molar refractivity (Wildman–Crippen MR) is 96.6 cm³/mol. The molecule has 0 N–H and O–H groups in total. The summed E-state index contributed by atoms with van der Waals surface area (Å²) in [4.78, 5) is 10.1. The number of allylic oxidation sites excluding steroid dienone is 1. The second-order valence-electron chi connectivity index (χ2n) is 7.92. The molecule has 0 bridgehead atoms. The van der Waals surface area contributed by atoms with E-state index in [1.807, 2.05) is 6.92 Å². The first kappa shape index (κ1) is 21.3. The van der Waals surface area contributed by atoms with Crippen molar-refractivity contribution in [2.75, 3.05) is 18.6 Å². The third-order valence-electron chi connectivity index (χ3n) is 6.19. The summed E-state index contributed by atoms with van der Waals surface area (Å²) in [6.45, 7) is 5.84. The lowest BCUT2D eigenvalue weighted by atomic mass is 9.62. The molecule has 0 radical (unpaired) electrons. The highest BCUT2D eigenvalue weighted by atomic mass is 32.2. The van der Waals surface area contributed by atoms with Crippen molar-refractivity contribution in [2.45, 2.75) is 64.7 Å². The lowest BCUT2D eigenvalue weighted by Gasteiger charge is -2.48. The Morgan fingerprint density at radius 2 is 2.00 bits per heavy atom. The Balaban J connectivity index is 2.02. The Hall–Kier alpha value is -0.440. The maximum atomic E-state index is 13.8. The Morgan fingerprint density at radius 3 is 2.63 bits per heavy atom. The molecule has 27 heavy (non-hydrogen) atoms. The summed E-state index contributed by atoms with van der Waals surface area (Å²) >= 11 is 1.51. The second kappa shape index (κ2) is 8.13. The van der Waals surface area contributed by atoms with E-state index in [0.717, 1.165) is 25.0 Å². The van der Waals surface area contributed by atoms with E-state index >= 15 is 0 Å². The van der Waals surface area contributed by atoms with Crippen molar-refractivity contribution in [1.29, 1.82) is 0 Å². The van der Waals surface area contributed by atoms with E-state index in [1.165, 1.54) is 18.9 Å². The van der Waals surface area contributed by atoms with Crippen LogP contribution in [0.4, 0.5) is 13.2 Å². The summed E-state index contributed by atoms with van der Waals surface area (Å²) in [6, 6.07) is 0. The van der Waals surface area contributed by atoms with Crippen molar-refractivity contribution in [2.24, 2.45) is 23.7 Å². The molecular formula is C19H29F3O4S. The molecule has 6 atom stereocenters. The average molecular weight is 410 g/mol. The number of hydrogen-bond acceptors (Lipinski definition) is 5. The molecule has 0 amide bonds. The highest BCUT2D eigenvalue weighted by Gasteiger charge is 2.56. The third kappa shape index (κ3) is 4.28. The van der Waals surface area contributed by atoms with Crippen molar-refractivity contribution in [3.8, 4) is 0 Å². The van der Waals surface area contributed by atoms with Gasteiger partial charge >= 0.3 is 6.18 Å². The lowest BCUT2D eigenvalue weighted by Crippen LogP contribution is -2.49. The lowest BCUT2D eigenvalue weighted by molar-refractivity contribution is -0.438. The molecule has 2 unspecified atom stereocenters. The van der Waals surface area contributed by atoms with Crippen LogP contribution in [0.1, 0.15) is 46.5 Å². The molecule has 1 saturated heterocycles. The van der Waals surface area contributed by atoms with Crippen LogP contribution in [0.2, 0.25) is 0 Å². The summed E-state index contributed by atoms with van der Waals surface area (Å²) in [6.07, 6.45) is -2.46. The van der Waals surface area contributed by atoms with Crippen LogP contribution in [0.5, 0.6) is 0 Å². The SMILES string of the molecule is CCSCC1=C(C(F)(F)F)O[C@@H]2OC(C)(OOC)CC[C@@H]3C2[C@H]1CC[C@H]3C. The molecule has 4 nitrogen and oxygen atoms in total. The van der Waals surface area contributed by atoms with Gasteiger partial charge < -0.3 is 9.47 Å². The minimum atomic E-state index is -4.53. The van der Waals surface area contributed by atoms with Gasteiger partial charge in [0, 0.05) is 18.1 Å². The molecule has 0 aromatic heterocycles. The van der Waals surface area contributed by atoms with E-state index in [-0.39, 0.29) is 17.8 Å². The highest BCUT2D eigenvalue weighted by molar-refractivity contribution is 7.99. The standard InChI is InChI=1S/C19H29F3O4S/c1-5-27-10-14-13-7-6-11(2)12-8-9-18(3,26-23-4)25-17(15(12)13)24-16(14)19(20,21)22/h11-13,15,17H,5-10H2,1-4H3/t11-,12+,13+,15?,17-,18?/m1/s1. The molecule has 3 rings (SSSR count). The first-order chi connectivity index (χ1) is 12.7. The van der Waals surface area contributed by atoms with Crippen LogP contribution in [0, 0.1) is 23.7 Å². The Bertz CT molecular complexity index is 568. The maximum absolute atomic E-state index is 13.8. The van der Waals surface area contributed by atoms with E-state index < -0.39 is 24.0 Å². The number of thioether (sulfide) groups is 1. The van der Waals surface area contributed by atoms with E-state index in [4.69, 9.17) is 19.2 Å². The van der Waals surface area contributed by atoms with Crippen molar-refractivity contribution in [3.63, 3.8) is 0 Å². The normalized spacial score (nSPS) is 39.6.